The van der Waals surface area contributed by atoms with Crippen LogP contribution < -0.4 is 5.32 Å². The van der Waals surface area contributed by atoms with Gasteiger partial charge in [0.25, 0.3) is 0 Å². The lowest BCUT2D eigenvalue weighted by Crippen LogP contribution is -2.19. The average Bonchev–Trinajstić information content (AvgIpc) is 2.50. The Bertz CT molecular complexity index is 740. The molecule has 0 saturated carbocycles. The fraction of sp³-hybridized carbons (Fsp3) is 0.118. The molecule has 0 bridgehead atoms. The first-order chi connectivity index (χ1) is 9.79. The molecule has 3 heteroatoms. The zero-order valence-electron chi connectivity index (χ0n) is 11.2. The van der Waals surface area contributed by atoms with Crippen LogP contribution in [0.15, 0.2) is 60.8 Å². The quantitative estimate of drug-likeness (QED) is 0.779. The smallest absolute Gasteiger partial charge is 0.0804 e. The zero-order valence-corrected chi connectivity index (χ0v) is 11.9. The van der Waals surface area contributed by atoms with E-state index in [4.69, 9.17) is 11.6 Å². The fourth-order valence-corrected chi connectivity index (χ4v) is 2.69. The fourth-order valence-electron chi connectivity index (χ4n) is 2.46. The van der Waals surface area contributed by atoms with E-state index in [0.717, 1.165) is 11.3 Å². The second kappa shape index (κ2) is 5.61. The summed E-state index contributed by atoms with van der Waals surface area (Å²) < 4.78 is 0. The number of fused-ring (bicyclic) bond motifs is 1. The van der Waals surface area contributed by atoms with Crippen molar-refractivity contribution in [3.05, 3.63) is 77.1 Å². The van der Waals surface area contributed by atoms with Crippen LogP contribution in [0.25, 0.3) is 10.8 Å². The van der Waals surface area contributed by atoms with E-state index in [1.54, 1.807) is 6.20 Å². The molecule has 3 aromatic rings. The maximum absolute atomic E-state index is 6.26. The predicted octanol–water partition coefficient (Wildman–Crippen LogP) is 4.20. The van der Waals surface area contributed by atoms with Crippen molar-refractivity contribution in [2.75, 3.05) is 7.05 Å². The van der Waals surface area contributed by atoms with Crippen molar-refractivity contribution >= 4 is 22.4 Å². The molecule has 0 saturated heterocycles. The molecule has 0 fully saturated rings. The summed E-state index contributed by atoms with van der Waals surface area (Å²) in [6.45, 7) is 0. The summed E-state index contributed by atoms with van der Waals surface area (Å²) in [7, 11) is 1.92. The van der Waals surface area contributed by atoms with Crippen LogP contribution in [0.2, 0.25) is 5.02 Å². The van der Waals surface area contributed by atoms with Crippen molar-refractivity contribution in [3.63, 3.8) is 0 Å². The molecule has 1 atom stereocenters. The second-order valence-corrected chi connectivity index (χ2v) is 5.11. The molecule has 0 amide bonds. The highest BCUT2D eigenvalue weighted by Crippen LogP contribution is 2.28. The number of benzene rings is 2. The molecule has 2 nitrogen and oxygen atoms in total. The summed E-state index contributed by atoms with van der Waals surface area (Å²) >= 11 is 6.26. The first kappa shape index (κ1) is 13.1. The number of rotatable bonds is 3. The van der Waals surface area contributed by atoms with Crippen LogP contribution in [-0.2, 0) is 0 Å². The Morgan fingerprint density at radius 3 is 2.55 bits per heavy atom. The van der Waals surface area contributed by atoms with Gasteiger partial charge in [0.15, 0.2) is 0 Å². The number of halogens is 1. The number of nitrogens with one attached hydrogen (secondary N) is 1. The van der Waals surface area contributed by atoms with Gasteiger partial charge < -0.3 is 5.32 Å². The van der Waals surface area contributed by atoms with E-state index in [9.17, 15) is 0 Å². The topological polar surface area (TPSA) is 24.9 Å². The molecule has 3 rings (SSSR count). The van der Waals surface area contributed by atoms with Crippen molar-refractivity contribution in [2.24, 2.45) is 0 Å². The largest absolute Gasteiger partial charge is 0.308 e. The minimum atomic E-state index is -0.00620. The summed E-state index contributed by atoms with van der Waals surface area (Å²) in [6.07, 6.45) is 1.77. The summed E-state index contributed by atoms with van der Waals surface area (Å²) in [6, 6.07) is 18.5. The molecule has 1 aromatic heterocycles. The number of hydrogen-bond donors (Lipinski definition) is 1. The molecule has 1 N–H and O–H groups in total. The standard InChI is InChI=1S/C17H15ClN2/c1-19-16(17-15(18)7-4-10-20-17)14-9-8-12-5-2-3-6-13(12)11-14/h2-11,16,19H,1H3. The van der Waals surface area contributed by atoms with Crippen LogP contribution in [0.5, 0.6) is 0 Å². The van der Waals surface area contributed by atoms with E-state index < -0.39 is 0 Å². The molecule has 0 spiro atoms. The van der Waals surface area contributed by atoms with E-state index in [-0.39, 0.29) is 6.04 Å². The van der Waals surface area contributed by atoms with Gasteiger partial charge in [-0.2, -0.15) is 0 Å². The molecular formula is C17H15ClN2. The van der Waals surface area contributed by atoms with E-state index in [2.05, 4.69) is 40.6 Å². The van der Waals surface area contributed by atoms with Gasteiger partial charge in [0.05, 0.1) is 16.8 Å². The lowest BCUT2D eigenvalue weighted by atomic mass is 9.99. The predicted molar refractivity (Wildman–Crippen MR) is 84.1 cm³/mol. The number of nitrogens with zero attached hydrogens (tertiary/aromatic N) is 1. The van der Waals surface area contributed by atoms with Crippen LogP contribution in [0.1, 0.15) is 17.3 Å². The normalized spacial score (nSPS) is 12.5. The minimum absolute atomic E-state index is 0.00620. The van der Waals surface area contributed by atoms with E-state index in [1.165, 1.54) is 10.8 Å². The van der Waals surface area contributed by atoms with Gasteiger partial charge in [0, 0.05) is 6.20 Å². The molecule has 0 aliphatic heterocycles. The van der Waals surface area contributed by atoms with Crippen LogP contribution in [-0.4, -0.2) is 12.0 Å². The highest BCUT2D eigenvalue weighted by molar-refractivity contribution is 6.31. The summed E-state index contributed by atoms with van der Waals surface area (Å²) in [5, 5.41) is 6.43. The van der Waals surface area contributed by atoms with E-state index in [1.807, 2.05) is 31.3 Å². The van der Waals surface area contributed by atoms with Crippen molar-refractivity contribution in [1.82, 2.24) is 10.3 Å². The maximum Gasteiger partial charge on any atom is 0.0804 e. The van der Waals surface area contributed by atoms with E-state index >= 15 is 0 Å². The monoisotopic (exact) mass is 282 g/mol. The molecular weight excluding hydrogens is 268 g/mol. The van der Waals surface area contributed by atoms with Gasteiger partial charge in [-0.25, -0.2) is 0 Å². The average molecular weight is 283 g/mol. The van der Waals surface area contributed by atoms with Crippen molar-refractivity contribution < 1.29 is 0 Å². The highest BCUT2D eigenvalue weighted by Gasteiger charge is 2.16. The Labute approximate surface area is 123 Å². The maximum atomic E-state index is 6.26. The Balaban J connectivity index is 2.10. The van der Waals surface area contributed by atoms with Gasteiger partial charge in [-0.05, 0) is 41.6 Å². The van der Waals surface area contributed by atoms with Crippen molar-refractivity contribution in [3.8, 4) is 0 Å². The van der Waals surface area contributed by atoms with Crippen LogP contribution in [0.4, 0.5) is 0 Å². The van der Waals surface area contributed by atoms with Crippen LogP contribution in [0.3, 0.4) is 0 Å². The van der Waals surface area contributed by atoms with Gasteiger partial charge in [0.2, 0.25) is 0 Å². The molecule has 20 heavy (non-hydrogen) atoms. The Hall–Kier alpha value is -1.90. The Morgan fingerprint density at radius 1 is 1.00 bits per heavy atom. The van der Waals surface area contributed by atoms with Gasteiger partial charge >= 0.3 is 0 Å². The molecule has 0 aliphatic rings. The van der Waals surface area contributed by atoms with Crippen molar-refractivity contribution in [2.45, 2.75) is 6.04 Å². The zero-order chi connectivity index (χ0) is 13.9. The first-order valence-electron chi connectivity index (χ1n) is 6.56. The highest BCUT2D eigenvalue weighted by atomic mass is 35.5. The molecule has 0 aliphatic carbocycles. The third-order valence-corrected chi connectivity index (χ3v) is 3.78. The third kappa shape index (κ3) is 2.40. The summed E-state index contributed by atoms with van der Waals surface area (Å²) in [4.78, 5) is 4.41. The Morgan fingerprint density at radius 2 is 1.80 bits per heavy atom. The number of aromatic nitrogens is 1. The first-order valence-corrected chi connectivity index (χ1v) is 6.94. The van der Waals surface area contributed by atoms with Gasteiger partial charge in [-0.3, -0.25) is 4.98 Å². The van der Waals surface area contributed by atoms with Gasteiger partial charge in [-0.15, -0.1) is 0 Å². The van der Waals surface area contributed by atoms with Crippen LogP contribution >= 0.6 is 11.6 Å². The molecule has 1 unspecified atom stereocenters. The Kier molecular flexibility index (Phi) is 3.68. The third-order valence-electron chi connectivity index (χ3n) is 3.46. The van der Waals surface area contributed by atoms with Crippen LogP contribution in [0, 0.1) is 0 Å². The van der Waals surface area contributed by atoms with E-state index in [0.29, 0.717) is 5.02 Å². The lowest BCUT2D eigenvalue weighted by Gasteiger charge is -2.18. The van der Waals surface area contributed by atoms with Crippen molar-refractivity contribution in [1.29, 1.82) is 0 Å². The van der Waals surface area contributed by atoms with Gasteiger partial charge in [0.1, 0.15) is 0 Å². The minimum Gasteiger partial charge on any atom is -0.308 e. The molecule has 1 heterocycles. The molecule has 100 valence electrons. The number of pyridine rings is 1. The molecule has 2 aromatic carbocycles. The number of hydrogen-bond acceptors (Lipinski definition) is 2. The SMILES string of the molecule is CNC(c1ccc2ccccc2c1)c1ncccc1Cl. The summed E-state index contributed by atoms with van der Waals surface area (Å²) in [5.41, 5.74) is 2.01. The molecule has 0 radical (unpaired) electrons. The summed E-state index contributed by atoms with van der Waals surface area (Å²) in [5.74, 6) is 0. The van der Waals surface area contributed by atoms with Gasteiger partial charge in [-0.1, -0.05) is 48.0 Å². The lowest BCUT2D eigenvalue weighted by molar-refractivity contribution is 0.672. The second-order valence-electron chi connectivity index (χ2n) is 4.70.